The van der Waals surface area contributed by atoms with Gasteiger partial charge in [-0.2, -0.15) is 0 Å². The molecule has 0 saturated carbocycles. The zero-order chi connectivity index (χ0) is 13.1. The fourth-order valence-electron chi connectivity index (χ4n) is 2.29. The van der Waals surface area contributed by atoms with Crippen LogP contribution < -0.4 is 11.1 Å². The Hall–Kier alpha value is -1.20. The maximum Gasteiger partial charge on any atom is 0.126 e. The predicted molar refractivity (Wildman–Crippen MR) is 78.9 cm³/mol. The van der Waals surface area contributed by atoms with E-state index in [2.05, 4.69) is 29.2 Å². The van der Waals surface area contributed by atoms with Crippen LogP contribution in [-0.2, 0) is 0 Å². The molecular weight excluding hydrogens is 244 g/mol. The molecule has 1 aliphatic rings. The van der Waals surface area contributed by atoms with E-state index in [1.807, 2.05) is 12.1 Å². The quantitative estimate of drug-likeness (QED) is 0.812. The number of likely N-dealkylation sites (tertiary alicyclic amines) is 1. The third-order valence-corrected chi connectivity index (χ3v) is 3.84. The topological polar surface area (TPSA) is 54.2 Å². The molecule has 0 aliphatic carbocycles. The van der Waals surface area contributed by atoms with Crippen molar-refractivity contribution in [1.29, 1.82) is 0 Å². The maximum atomic E-state index is 5.63. The number of aromatic nitrogens is 1. The van der Waals surface area contributed by atoms with Gasteiger partial charge in [0.25, 0.3) is 0 Å². The molecule has 3 N–H and O–H groups in total. The zero-order valence-corrected chi connectivity index (χ0v) is 11.7. The Morgan fingerprint density at radius 3 is 3.06 bits per heavy atom. The van der Waals surface area contributed by atoms with Crippen LogP contribution in [0.2, 0.25) is 0 Å². The van der Waals surface area contributed by atoms with Crippen LogP contribution in [0, 0.1) is 0 Å². The van der Waals surface area contributed by atoms with Gasteiger partial charge in [-0.3, -0.25) is 0 Å². The molecule has 1 fully saturated rings. The highest BCUT2D eigenvalue weighted by Gasteiger charge is 2.22. The number of nitrogens with zero attached hydrogens (tertiary/aromatic N) is 2. The van der Waals surface area contributed by atoms with E-state index in [0.29, 0.717) is 17.1 Å². The summed E-state index contributed by atoms with van der Waals surface area (Å²) in [7, 11) is 2.17. The lowest BCUT2D eigenvalue weighted by Gasteiger charge is -2.35. The minimum atomic E-state index is 0.414. The lowest BCUT2D eigenvalue weighted by Crippen LogP contribution is -2.42. The molecule has 98 valence electrons. The average molecular weight is 264 g/mol. The van der Waals surface area contributed by atoms with E-state index < -0.39 is 0 Å². The van der Waals surface area contributed by atoms with Gasteiger partial charge in [-0.25, -0.2) is 4.98 Å². The molecular formula is C13H20N4S. The van der Waals surface area contributed by atoms with Crippen molar-refractivity contribution in [3.63, 3.8) is 0 Å². The second kappa shape index (κ2) is 5.63. The minimum absolute atomic E-state index is 0.414. The molecule has 1 saturated heterocycles. The molecule has 0 bridgehead atoms. The lowest BCUT2D eigenvalue weighted by atomic mass is 9.99. The van der Waals surface area contributed by atoms with Crippen LogP contribution in [0.15, 0.2) is 18.3 Å². The number of piperidine rings is 1. The Kier molecular flexibility index (Phi) is 4.14. The fourth-order valence-corrected chi connectivity index (χ4v) is 2.42. The number of thiocarbonyl (C=S) groups is 1. The number of nitrogens with one attached hydrogen (secondary N) is 1. The third-order valence-electron chi connectivity index (χ3n) is 3.60. The van der Waals surface area contributed by atoms with Crippen molar-refractivity contribution in [2.45, 2.75) is 31.8 Å². The van der Waals surface area contributed by atoms with Gasteiger partial charge < -0.3 is 16.0 Å². The molecule has 1 aromatic rings. The van der Waals surface area contributed by atoms with Crippen molar-refractivity contribution in [3.8, 4) is 0 Å². The summed E-state index contributed by atoms with van der Waals surface area (Å²) >= 11 is 4.98. The van der Waals surface area contributed by atoms with Crippen molar-refractivity contribution in [2.75, 3.05) is 18.9 Å². The zero-order valence-electron chi connectivity index (χ0n) is 10.9. The van der Waals surface area contributed by atoms with E-state index in [-0.39, 0.29) is 0 Å². The van der Waals surface area contributed by atoms with Gasteiger partial charge in [0.15, 0.2) is 0 Å². The number of anilines is 1. The summed E-state index contributed by atoms with van der Waals surface area (Å²) in [6, 6.07) is 4.84. The molecule has 0 aromatic carbocycles. The van der Waals surface area contributed by atoms with E-state index in [1.165, 1.54) is 0 Å². The van der Waals surface area contributed by atoms with Crippen LogP contribution >= 0.6 is 12.2 Å². The molecule has 2 unspecified atom stereocenters. The Bertz CT molecular complexity index is 435. The van der Waals surface area contributed by atoms with Gasteiger partial charge in [0.2, 0.25) is 0 Å². The largest absolute Gasteiger partial charge is 0.389 e. The first-order valence-corrected chi connectivity index (χ1v) is 6.69. The van der Waals surface area contributed by atoms with Crippen LogP contribution in [0.3, 0.4) is 0 Å². The van der Waals surface area contributed by atoms with Gasteiger partial charge in [0.05, 0.1) is 0 Å². The monoisotopic (exact) mass is 264 g/mol. The third kappa shape index (κ3) is 3.17. The highest BCUT2D eigenvalue weighted by Crippen LogP contribution is 2.19. The van der Waals surface area contributed by atoms with E-state index in [1.54, 1.807) is 6.20 Å². The highest BCUT2D eigenvalue weighted by molar-refractivity contribution is 7.80. The average Bonchev–Trinajstić information content (AvgIpc) is 2.34. The Labute approximate surface area is 114 Å². The molecule has 18 heavy (non-hydrogen) atoms. The molecule has 5 heteroatoms. The summed E-state index contributed by atoms with van der Waals surface area (Å²) in [6.45, 7) is 3.38. The fraction of sp³-hybridized carbons (Fsp3) is 0.538. The standard InChI is InChI=1S/C13H20N4S/c1-9-7-11(4-6-17(9)2)16-12-8-10(13(14)18)3-5-15-12/h3,5,8-9,11H,4,6-7H2,1-2H3,(H2,14,18)(H,15,16). The molecule has 1 aliphatic heterocycles. The van der Waals surface area contributed by atoms with Crippen molar-refractivity contribution in [1.82, 2.24) is 9.88 Å². The Balaban J connectivity index is 2.01. The normalized spacial score (nSPS) is 24.8. The van der Waals surface area contributed by atoms with E-state index in [0.717, 1.165) is 30.8 Å². The summed E-state index contributed by atoms with van der Waals surface area (Å²) in [5.41, 5.74) is 6.49. The van der Waals surface area contributed by atoms with Crippen LogP contribution in [-0.4, -0.2) is 40.5 Å². The Morgan fingerprint density at radius 1 is 1.61 bits per heavy atom. The summed E-state index contributed by atoms with van der Waals surface area (Å²) in [5, 5.41) is 3.47. The van der Waals surface area contributed by atoms with Crippen molar-refractivity contribution in [3.05, 3.63) is 23.9 Å². The van der Waals surface area contributed by atoms with Crippen LogP contribution in [0.5, 0.6) is 0 Å². The van der Waals surface area contributed by atoms with Crippen LogP contribution in [0.1, 0.15) is 25.3 Å². The number of rotatable bonds is 3. The number of nitrogens with two attached hydrogens (primary N) is 1. The van der Waals surface area contributed by atoms with Gasteiger partial charge in [0, 0.05) is 30.4 Å². The highest BCUT2D eigenvalue weighted by atomic mass is 32.1. The van der Waals surface area contributed by atoms with Crippen molar-refractivity contribution >= 4 is 23.0 Å². The molecule has 0 amide bonds. The van der Waals surface area contributed by atoms with Crippen LogP contribution in [0.4, 0.5) is 5.82 Å². The first-order chi connectivity index (χ1) is 8.56. The number of hydrogen-bond acceptors (Lipinski definition) is 4. The van der Waals surface area contributed by atoms with Crippen molar-refractivity contribution in [2.24, 2.45) is 5.73 Å². The first-order valence-electron chi connectivity index (χ1n) is 6.29. The minimum Gasteiger partial charge on any atom is -0.389 e. The number of pyridine rings is 1. The second-order valence-corrected chi connectivity index (χ2v) is 5.43. The Morgan fingerprint density at radius 2 is 2.39 bits per heavy atom. The molecule has 2 rings (SSSR count). The summed E-state index contributed by atoms with van der Waals surface area (Å²) < 4.78 is 0. The van der Waals surface area contributed by atoms with Gasteiger partial charge in [0.1, 0.15) is 10.8 Å². The smallest absolute Gasteiger partial charge is 0.126 e. The molecule has 4 nitrogen and oxygen atoms in total. The molecule has 1 aromatic heterocycles. The van der Waals surface area contributed by atoms with Crippen molar-refractivity contribution < 1.29 is 0 Å². The predicted octanol–water partition coefficient (Wildman–Crippen LogP) is 1.61. The lowest BCUT2D eigenvalue weighted by molar-refractivity contribution is 0.190. The second-order valence-electron chi connectivity index (χ2n) is 4.99. The van der Waals surface area contributed by atoms with Gasteiger partial charge >= 0.3 is 0 Å². The van der Waals surface area contributed by atoms with E-state index in [4.69, 9.17) is 18.0 Å². The summed E-state index contributed by atoms with van der Waals surface area (Å²) in [5.74, 6) is 0.863. The molecule has 0 radical (unpaired) electrons. The van der Waals surface area contributed by atoms with Gasteiger partial charge in [-0.1, -0.05) is 12.2 Å². The van der Waals surface area contributed by atoms with Crippen LogP contribution in [0.25, 0.3) is 0 Å². The summed E-state index contributed by atoms with van der Waals surface area (Å²) in [6.07, 6.45) is 4.02. The molecule has 0 spiro atoms. The van der Waals surface area contributed by atoms with E-state index >= 15 is 0 Å². The van der Waals surface area contributed by atoms with Gasteiger partial charge in [-0.05, 0) is 38.9 Å². The van der Waals surface area contributed by atoms with Gasteiger partial charge in [-0.15, -0.1) is 0 Å². The van der Waals surface area contributed by atoms with E-state index in [9.17, 15) is 0 Å². The summed E-state index contributed by atoms with van der Waals surface area (Å²) in [4.78, 5) is 7.12. The molecule has 2 heterocycles. The molecule has 2 atom stereocenters. The first kappa shape index (κ1) is 13.2. The maximum absolute atomic E-state index is 5.63. The SMILES string of the molecule is CC1CC(Nc2cc(C(N)=S)ccn2)CCN1C. The number of hydrogen-bond donors (Lipinski definition) is 2.